The molecule has 0 radical (unpaired) electrons. The zero-order chi connectivity index (χ0) is 18.6. The van der Waals surface area contributed by atoms with Crippen molar-refractivity contribution in [2.45, 2.75) is 25.7 Å². The Bertz CT molecular complexity index is 762. The van der Waals surface area contributed by atoms with Crippen LogP contribution < -0.4 is 9.64 Å². The van der Waals surface area contributed by atoms with Crippen LogP contribution in [-0.2, 0) is 4.79 Å². The molecule has 1 aliphatic heterocycles. The Morgan fingerprint density at radius 2 is 1.67 bits per heavy atom. The topological polar surface area (TPSA) is 58.6 Å². The smallest absolute Gasteiger partial charge is 0.225 e. The van der Waals surface area contributed by atoms with Crippen molar-refractivity contribution in [3.05, 3.63) is 36.4 Å². The van der Waals surface area contributed by atoms with Crippen molar-refractivity contribution in [3.63, 3.8) is 0 Å². The van der Waals surface area contributed by atoms with Gasteiger partial charge < -0.3 is 14.5 Å². The summed E-state index contributed by atoms with van der Waals surface area (Å²) in [4.78, 5) is 16.8. The van der Waals surface area contributed by atoms with E-state index >= 15 is 0 Å². The molecule has 1 amide bonds. The summed E-state index contributed by atoms with van der Waals surface area (Å²) in [6, 6.07) is 11.8. The normalized spacial score (nSPS) is 18.0. The second kappa shape index (κ2) is 7.94. The van der Waals surface area contributed by atoms with Gasteiger partial charge in [-0.05, 0) is 49.2 Å². The highest BCUT2D eigenvalue weighted by molar-refractivity contribution is 5.79. The highest BCUT2D eigenvalue weighted by Crippen LogP contribution is 2.27. The molecule has 0 spiro atoms. The predicted octanol–water partition coefficient (Wildman–Crippen LogP) is 2.99. The van der Waals surface area contributed by atoms with Crippen LogP contribution >= 0.6 is 0 Å². The van der Waals surface area contributed by atoms with Gasteiger partial charge in [0, 0.05) is 37.7 Å². The van der Waals surface area contributed by atoms with E-state index < -0.39 is 0 Å². The molecule has 2 aliphatic rings. The van der Waals surface area contributed by atoms with Crippen LogP contribution in [0.25, 0.3) is 11.3 Å². The van der Waals surface area contributed by atoms with Gasteiger partial charge in [0.1, 0.15) is 5.75 Å². The van der Waals surface area contributed by atoms with Crippen molar-refractivity contribution in [1.29, 1.82) is 0 Å². The molecule has 27 heavy (non-hydrogen) atoms. The molecule has 142 valence electrons. The minimum atomic E-state index is 0.264. The highest BCUT2D eigenvalue weighted by atomic mass is 16.5. The lowest BCUT2D eigenvalue weighted by atomic mass is 10.1. The highest BCUT2D eigenvalue weighted by Gasteiger charge is 2.29. The minimum absolute atomic E-state index is 0.264. The van der Waals surface area contributed by atoms with Crippen LogP contribution in [0.2, 0.25) is 0 Å². The molecule has 2 heterocycles. The zero-order valence-corrected chi connectivity index (χ0v) is 15.8. The number of carbonyl (C=O) groups excluding carboxylic acids is 1. The van der Waals surface area contributed by atoms with E-state index in [2.05, 4.69) is 15.1 Å². The summed E-state index contributed by atoms with van der Waals surface area (Å²) in [7, 11) is 1.66. The average Bonchev–Trinajstić information content (AvgIpc) is 3.28. The summed E-state index contributed by atoms with van der Waals surface area (Å²) in [5.74, 6) is 2.32. The first-order valence-electron chi connectivity index (χ1n) is 9.76. The Balaban J connectivity index is 1.36. The van der Waals surface area contributed by atoms with Crippen LogP contribution in [-0.4, -0.2) is 54.3 Å². The number of piperazine rings is 1. The lowest BCUT2D eigenvalue weighted by molar-refractivity contribution is -0.135. The van der Waals surface area contributed by atoms with Gasteiger partial charge in [-0.3, -0.25) is 4.79 Å². The quantitative estimate of drug-likeness (QED) is 0.833. The minimum Gasteiger partial charge on any atom is -0.497 e. The molecule has 1 aromatic carbocycles. The van der Waals surface area contributed by atoms with E-state index in [1.807, 2.05) is 41.3 Å². The number of ether oxygens (including phenoxy) is 1. The first kappa shape index (κ1) is 17.8. The Morgan fingerprint density at radius 1 is 0.963 bits per heavy atom. The number of benzene rings is 1. The van der Waals surface area contributed by atoms with Crippen LogP contribution in [0.15, 0.2) is 36.4 Å². The third-order valence-corrected chi connectivity index (χ3v) is 5.66. The standard InChI is InChI=1S/C21H26N4O2/c1-27-18-8-6-16(7-9-18)19-10-11-20(23-22-19)24-12-14-25(15-13-24)21(26)17-4-2-3-5-17/h6-11,17H,2-5,12-15H2,1H3. The van der Waals surface area contributed by atoms with E-state index in [1.54, 1.807) is 7.11 Å². The van der Waals surface area contributed by atoms with Gasteiger partial charge in [0.25, 0.3) is 0 Å². The van der Waals surface area contributed by atoms with Crippen LogP contribution in [0.3, 0.4) is 0 Å². The van der Waals surface area contributed by atoms with Gasteiger partial charge >= 0.3 is 0 Å². The third-order valence-electron chi connectivity index (χ3n) is 5.66. The Hall–Kier alpha value is -2.63. The van der Waals surface area contributed by atoms with Crippen LogP contribution in [0.4, 0.5) is 5.82 Å². The summed E-state index contributed by atoms with van der Waals surface area (Å²) in [5.41, 5.74) is 1.86. The molecule has 0 unspecified atom stereocenters. The average molecular weight is 366 g/mol. The molecule has 2 fully saturated rings. The molecule has 6 heteroatoms. The molecule has 1 saturated heterocycles. The van der Waals surface area contributed by atoms with Crippen LogP contribution in [0.1, 0.15) is 25.7 Å². The second-order valence-electron chi connectivity index (χ2n) is 7.30. The fourth-order valence-corrected chi connectivity index (χ4v) is 4.00. The molecule has 0 bridgehead atoms. The van der Waals surface area contributed by atoms with E-state index in [9.17, 15) is 4.79 Å². The maximum Gasteiger partial charge on any atom is 0.225 e. The van der Waals surface area contributed by atoms with E-state index in [0.29, 0.717) is 5.91 Å². The Labute approximate surface area is 160 Å². The zero-order valence-electron chi connectivity index (χ0n) is 15.8. The molecule has 1 aliphatic carbocycles. The van der Waals surface area contributed by atoms with Gasteiger partial charge in [0.2, 0.25) is 5.91 Å². The number of amides is 1. The van der Waals surface area contributed by atoms with Crippen molar-refractivity contribution in [2.75, 3.05) is 38.2 Å². The van der Waals surface area contributed by atoms with E-state index in [-0.39, 0.29) is 5.92 Å². The number of anilines is 1. The van der Waals surface area contributed by atoms with E-state index in [1.165, 1.54) is 12.8 Å². The number of rotatable bonds is 4. The SMILES string of the molecule is COc1ccc(-c2ccc(N3CCN(C(=O)C4CCCC4)CC3)nn2)cc1. The molecule has 0 atom stereocenters. The fraction of sp³-hybridized carbons (Fsp3) is 0.476. The Morgan fingerprint density at radius 3 is 2.26 bits per heavy atom. The molecule has 6 nitrogen and oxygen atoms in total. The maximum absolute atomic E-state index is 12.6. The number of hydrogen-bond acceptors (Lipinski definition) is 5. The number of nitrogens with zero attached hydrogens (tertiary/aromatic N) is 4. The van der Waals surface area contributed by atoms with Crippen molar-refractivity contribution in [3.8, 4) is 17.0 Å². The number of aromatic nitrogens is 2. The van der Waals surface area contributed by atoms with Crippen molar-refractivity contribution in [2.24, 2.45) is 5.92 Å². The Kier molecular flexibility index (Phi) is 5.23. The van der Waals surface area contributed by atoms with Gasteiger partial charge in [0.15, 0.2) is 5.82 Å². The van der Waals surface area contributed by atoms with Crippen molar-refractivity contribution in [1.82, 2.24) is 15.1 Å². The van der Waals surface area contributed by atoms with Gasteiger partial charge in [-0.1, -0.05) is 12.8 Å². The summed E-state index contributed by atoms with van der Waals surface area (Å²) >= 11 is 0. The van der Waals surface area contributed by atoms with Crippen LogP contribution in [0.5, 0.6) is 5.75 Å². The summed E-state index contributed by atoms with van der Waals surface area (Å²) in [6.07, 6.45) is 4.54. The monoisotopic (exact) mass is 366 g/mol. The van der Waals surface area contributed by atoms with Crippen molar-refractivity contribution >= 4 is 11.7 Å². The number of hydrogen-bond donors (Lipinski definition) is 0. The van der Waals surface area contributed by atoms with Gasteiger partial charge in [-0.2, -0.15) is 0 Å². The molecular weight excluding hydrogens is 340 g/mol. The first-order chi connectivity index (χ1) is 13.2. The first-order valence-corrected chi connectivity index (χ1v) is 9.76. The second-order valence-corrected chi connectivity index (χ2v) is 7.30. The summed E-state index contributed by atoms with van der Waals surface area (Å²) in [6.45, 7) is 3.18. The lowest BCUT2D eigenvalue weighted by Gasteiger charge is -2.36. The third kappa shape index (κ3) is 3.89. The molecule has 2 aromatic rings. The lowest BCUT2D eigenvalue weighted by Crippen LogP contribution is -2.50. The number of carbonyl (C=O) groups is 1. The molecular formula is C21H26N4O2. The predicted molar refractivity (Wildman–Crippen MR) is 105 cm³/mol. The summed E-state index contributed by atoms with van der Waals surface area (Å²) in [5, 5.41) is 8.79. The molecule has 1 saturated carbocycles. The van der Waals surface area contributed by atoms with Crippen molar-refractivity contribution < 1.29 is 9.53 Å². The van der Waals surface area contributed by atoms with Gasteiger partial charge in [-0.25, -0.2) is 0 Å². The van der Waals surface area contributed by atoms with E-state index in [4.69, 9.17) is 4.74 Å². The molecule has 0 N–H and O–H groups in total. The number of methoxy groups -OCH3 is 1. The summed E-state index contributed by atoms with van der Waals surface area (Å²) < 4.78 is 5.19. The van der Waals surface area contributed by atoms with E-state index in [0.717, 1.165) is 61.8 Å². The van der Waals surface area contributed by atoms with Gasteiger partial charge in [0.05, 0.1) is 12.8 Å². The molecule has 1 aromatic heterocycles. The molecule has 4 rings (SSSR count). The van der Waals surface area contributed by atoms with Crippen LogP contribution in [0, 0.1) is 5.92 Å². The maximum atomic E-state index is 12.6. The largest absolute Gasteiger partial charge is 0.497 e. The van der Waals surface area contributed by atoms with Gasteiger partial charge in [-0.15, -0.1) is 10.2 Å². The fourth-order valence-electron chi connectivity index (χ4n) is 4.00.